The molecule has 2 nitrogen and oxygen atoms in total. The van der Waals surface area contributed by atoms with Gasteiger partial charge in [0.25, 0.3) is 0 Å². The Morgan fingerprint density at radius 2 is 0.750 bits per heavy atom. The van der Waals surface area contributed by atoms with Crippen molar-refractivity contribution < 1.29 is 14.6 Å². The molecular weight excluding hydrogens is 629 g/mol. The fourth-order valence-corrected chi connectivity index (χ4v) is 6.84. The van der Waals surface area contributed by atoms with Crippen molar-refractivity contribution in [1.29, 1.82) is 0 Å². The van der Waals surface area contributed by atoms with Crippen molar-refractivity contribution in [1.82, 2.24) is 0 Å². The predicted octanol–water partition coefficient (Wildman–Crippen LogP) is 17.1. The molecule has 2 heteroatoms. The average molecular weight is 703 g/mol. The summed E-state index contributed by atoms with van der Waals surface area (Å²) in [5.41, 5.74) is 8.18. The fourth-order valence-electron chi connectivity index (χ4n) is 6.84. The van der Waals surface area contributed by atoms with Crippen LogP contribution in [0.4, 0.5) is 34.1 Å². The smallest absolute Gasteiger partial charge is 0.0561 e. The Kier molecular flexibility index (Phi) is 10.2. The molecule has 0 fully saturated rings. The number of hydrogen-bond donors (Lipinski definition) is 0. The van der Waals surface area contributed by atoms with Crippen molar-refractivity contribution in [3.63, 3.8) is 0 Å². The van der Waals surface area contributed by atoms with Gasteiger partial charge >= 0.3 is 0 Å². The number of nitrogens with zero attached hydrogens (tertiary/aromatic N) is 2. The Morgan fingerprint density at radius 3 is 1.04 bits per heavy atom. The molecule has 0 bridgehead atoms. The molecule has 8 rings (SSSR count). The molecule has 0 spiro atoms. The second kappa shape index (κ2) is 17.1. The minimum absolute atomic E-state index is 0.0512. The number of benzene rings is 8. The van der Waals surface area contributed by atoms with Crippen molar-refractivity contribution in [2.75, 3.05) is 9.80 Å². The highest BCUT2D eigenvalue weighted by Gasteiger charge is 2.25. The van der Waals surface area contributed by atoms with E-state index in [4.69, 9.17) is 14.6 Å². The van der Waals surface area contributed by atoms with Crippen LogP contribution in [0, 0.1) is 0 Å². The second-order valence-electron chi connectivity index (χ2n) is 13.1. The zero-order valence-electron chi connectivity index (χ0n) is 42.5. The Morgan fingerprint density at radius 1 is 0.442 bits per heavy atom. The van der Waals surface area contributed by atoms with Crippen LogP contribution in [0.25, 0.3) is 32.3 Å². The van der Waals surface area contributed by atoms with E-state index in [-0.39, 0.29) is 5.41 Å². The molecule has 8 aromatic carbocycles. The summed E-state index contributed by atoms with van der Waals surface area (Å²) in [6.45, 7) is 14.9. The summed E-state index contributed by atoms with van der Waals surface area (Å²) in [5.74, 6) is 0. The van der Waals surface area contributed by atoms with E-state index in [2.05, 4.69) is 194 Å². The number of hydrogen-bond acceptors (Lipinski definition) is 2. The maximum atomic E-state index is 5.75. The van der Waals surface area contributed by atoms with Crippen LogP contribution in [0.2, 0.25) is 0 Å². The highest BCUT2D eigenvalue weighted by Crippen LogP contribution is 2.50. The van der Waals surface area contributed by atoms with Gasteiger partial charge in [-0.15, -0.1) is 0 Å². The summed E-state index contributed by atoms with van der Waals surface area (Å²) in [7, 11) is 2.50. The number of anilines is 6. The molecule has 0 aliphatic carbocycles. The van der Waals surface area contributed by atoms with Crippen molar-refractivity contribution in [3.05, 3.63) is 169 Å². The summed E-state index contributed by atoms with van der Waals surface area (Å²) in [5, 5.41) is 7.62. The third-order valence-electron chi connectivity index (χ3n) is 9.08. The summed E-state index contributed by atoms with van der Waals surface area (Å²) in [6, 6.07) is 59.4. The highest BCUT2D eigenvalue weighted by molar-refractivity contribution is 6.29. The van der Waals surface area contributed by atoms with Gasteiger partial charge in [-0.3, -0.25) is 0 Å². The van der Waals surface area contributed by atoms with Gasteiger partial charge in [0, 0.05) is 53.5 Å². The van der Waals surface area contributed by atoms with Crippen LogP contribution in [0.3, 0.4) is 0 Å². The molecule has 0 atom stereocenters. The van der Waals surface area contributed by atoms with Gasteiger partial charge in [-0.2, -0.15) is 0 Å². The molecule has 0 aromatic heterocycles. The fraction of sp³-hybridized carbons (Fsp3) is 0.200. The molecule has 8 aromatic rings. The normalized spacial score (nSPS) is 11.6. The third-order valence-corrected chi connectivity index (χ3v) is 9.08. The average Bonchev–Trinajstić information content (AvgIpc) is 3.37. The lowest BCUT2D eigenvalue weighted by molar-refractivity contribution is 0.591. The molecular formula is C50H64N2. The first-order valence-corrected chi connectivity index (χ1v) is 18.0. The van der Waals surface area contributed by atoms with Gasteiger partial charge in [0.2, 0.25) is 0 Å². The Balaban J connectivity index is 0.00000210. The van der Waals surface area contributed by atoms with Crippen LogP contribution in [0.15, 0.2) is 164 Å². The van der Waals surface area contributed by atoms with E-state index < -0.39 is 0 Å². The van der Waals surface area contributed by atoms with Crippen LogP contribution < -0.4 is 9.80 Å². The molecule has 0 N–H and O–H groups in total. The van der Waals surface area contributed by atoms with E-state index in [1.165, 1.54) is 52.7 Å². The van der Waals surface area contributed by atoms with E-state index in [9.17, 15) is 0 Å². The van der Waals surface area contributed by atoms with E-state index in [1.54, 1.807) is 0 Å². The molecule has 0 radical (unpaired) electrons. The minimum Gasteiger partial charge on any atom is -0.310 e. The first kappa shape index (κ1) is 31.2. The molecule has 274 valence electrons. The van der Waals surface area contributed by atoms with Crippen LogP contribution in [0.1, 0.15) is 83.5 Å². The summed E-state index contributed by atoms with van der Waals surface area (Å²) in [4.78, 5) is 4.81. The van der Waals surface area contributed by atoms with Gasteiger partial charge in [0.1, 0.15) is 0 Å². The van der Waals surface area contributed by atoms with E-state index in [1.807, 2.05) is 27.7 Å². The van der Waals surface area contributed by atoms with Gasteiger partial charge < -0.3 is 9.80 Å². The molecule has 0 saturated heterocycles. The maximum Gasteiger partial charge on any atom is 0.0561 e. The standard InChI is InChI=1S/C44H36N2.2C2H6.2CH4.4H2/c1-44(2,3)33-28-31-24-26-38-40(45(34-16-8-4-9-17-34)35-18-10-5-11-19-35)30-41(39-27-25-32(29-33)42(31)43(38)39)46(36-20-12-6-13-21-36)37-22-14-7-15-23-37;2*1-2;;;;;;/h4-30H,1-3H3;2*1-2H3;2*1H4;4*1H/i;;;2*1D;4*1+1D. The molecule has 0 heterocycles. The van der Waals surface area contributed by atoms with E-state index in [0.717, 1.165) is 34.1 Å². The maximum absolute atomic E-state index is 5.75. The quantitative estimate of drug-likeness (QED) is 0.159. The van der Waals surface area contributed by atoms with Crippen LogP contribution in [-0.2, 0) is 5.41 Å². The zero-order valence-corrected chi connectivity index (χ0v) is 32.5. The molecule has 0 aliphatic heterocycles. The van der Waals surface area contributed by atoms with Crippen LogP contribution >= 0.6 is 0 Å². The molecule has 52 heavy (non-hydrogen) atoms. The SMILES string of the molecule is CC.CC.CC(C)(C)c1cc2ccc3c(N(c4ccccc4)c4ccccc4)cc(N(c4ccccc4)c4ccccc4)c4ccc(c1)c2c34.[2H]C.[2H]C.[2H][2H].[2H][2H].[2H][2H].[2H][2H]. The van der Waals surface area contributed by atoms with Crippen LogP contribution in [-0.4, -0.2) is 0 Å². The van der Waals surface area contributed by atoms with Crippen molar-refractivity contribution in [3.8, 4) is 0 Å². The number of para-hydroxylation sites is 4. The van der Waals surface area contributed by atoms with Gasteiger partial charge in [0.15, 0.2) is 0 Å². The van der Waals surface area contributed by atoms with Crippen LogP contribution in [0.5, 0.6) is 0 Å². The lowest BCUT2D eigenvalue weighted by atomic mass is 9.83. The zero-order chi connectivity index (χ0) is 47.3. The molecule has 0 aliphatic rings. The Hall–Kier alpha value is -5.60. The van der Waals surface area contributed by atoms with Gasteiger partial charge in [-0.1, -0.05) is 172 Å². The summed E-state index contributed by atoms with van der Waals surface area (Å²) < 4.78 is 51.5. The summed E-state index contributed by atoms with van der Waals surface area (Å²) in [6.07, 6.45) is 0. The molecule has 0 amide bonds. The summed E-state index contributed by atoms with van der Waals surface area (Å²) >= 11 is 0. The predicted molar refractivity (Wildman–Crippen MR) is 243 cm³/mol. The van der Waals surface area contributed by atoms with Crippen molar-refractivity contribution in [2.45, 2.75) is 68.7 Å². The lowest BCUT2D eigenvalue weighted by Crippen LogP contribution is -2.14. The third kappa shape index (κ3) is 7.39. The molecule has 0 unspecified atom stereocenters. The lowest BCUT2D eigenvalue weighted by Gasteiger charge is -2.32. The van der Waals surface area contributed by atoms with Gasteiger partial charge in [-0.25, -0.2) is 0 Å². The first-order chi connectivity index (χ1) is 30.5. The van der Waals surface area contributed by atoms with Crippen molar-refractivity contribution >= 4 is 66.4 Å². The minimum atomic E-state index is 0.0512. The van der Waals surface area contributed by atoms with Gasteiger partial charge in [-0.05, 0) is 81.7 Å². The van der Waals surface area contributed by atoms with E-state index in [0.29, 0.717) is 0 Å². The first-order valence-electron chi connectivity index (χ1n) is 24.0. The van der Waals surface area contributed by atoms with Crippen molar-refractivity contribution in [2.24, 2.45) is 0 Å². The Bertz CT molecular complexity index is 2080. The number of rotatable bonds is 6. The Labute approximate surface area is 328 Å². The van der Waals surface area contributed by atoms with E-state index >= 15 is 0 Å². The topological polar surface area (TPSA) is 6.48 Å². The van der Waals surface area contributed by atoms with Gasteiger partial charge in [0.05, 0.1) is 11.4 Å². The largest absolute Gasteiger partial charge is 0.310 e. The monoisotopic (exact) mass is 703 g/mol. The second-order valence-corrected chi connectivity index (χ2v) is 13.1. The molecule has 0 saturated carbocycles. The highest BCUT2D eigenvalue weighted by atomic mass is 15.2.